The molecule has 0 saturated carbocycles. The lowest BCUT2D eigenvalue weighted by Crippen LogP contribution is -2.03. The lowest BCUT2D eigenvalue weighted by molar-refractivity contribution is 0.156. The van der Waals surface area contributed by atoms with E-state index in [2.05, 4.69) is 25.7 Å². The average molecular weight is 293 g/mol. The lowest BCUT2D eigenvalue weighted by atomic mass is 10.0. The van der Waals surface area contributed by atoms with E-state index in [-0.39, 0.29) is 6.10 Å². The van der Waals surface area contributed by atoms with Crippen LogP contribution >= 0.6 is 0 Å². The topological polar surface area (TPSA) is 20.2 Å². The number of allylic oxidation sites excluding steroid dienone is 5. The van der Waals surface area contributed by atoms with Gasteiger partial charge in [-0.15, -0.1) is 0 Å². The van der Waals surface area contributed by atoms with Crippen LogP contribution in [0, 0.1) is 0 Å². The second-order valence-corrected chi connectivity index (χ2v) is 5.87. The lowest BCUT2D eigenvalue weighted by Gasteiger charge is -2.06. The molecule has 1 heteroatoms. The van der Waals surface area contributed by atoms with Crippen LogP contribution < -0.4 is 0 Å². The summed E-state index contributed by atoms with van der Waals surface area (Å²) in [5.41, 5.74) is 0. The van der Waals surface area contributed by atoms with Gasteiger partial charge in [-0.1, -0.05) is 95.2 Å². The fourth-order valence-electron chi connectivity index (χ4n) is 2.40. The van der Waals surface area contributed by atoms with Gasteiger partial charge in [0.2, 0.25) is 0 Å². The third-order valence-electron chi connectivity index (χ3n) is 3.87. The molecule has 0 aliphatic heterocycles. The zero-order valence-electron chi connectivity index (χ0n) is 14.1. The molecule has 1 unspecified atom stereocenters. The molecular weight excluding hydrogens is 256 g/mol. The standard InChI is InChI=1S/C20H36O/c1-3-5-6-7-8-9-10-11-12-13-14-15-16-17-18-19-20(21)4-2/h3,5-8,20-21H,1,4,9-19H2,2H3. The first kappa shape index (κ1) is 20.2. The van der Waals surface area contributed by atoms with E-state index in [4.69, 9.17) is 0 Å². The summed E-state index contributed by atoms with van der Waals surface area (Å²) in [6.07, 6.45) is 25.2. The Labute approximate surface area is 132 Å². The molecule has 0 aliphatic carbocycles. The Bertz CT molecular complexity index is 265. The predicted molar refractivity (Wildman–Crippen MR) is 95.6 cm³/mol. The van der Waals surface area contributed by atoms with Crippen LogP contribution in [0.15, 0.2) is 37.0 Å². The summed E-state index contributed by atoms with van der Waals surface area (Å²) in [6, 6.07) is 0. The highest BCUT2D eigenvalue weighted by Gasteiger charge is 1.99. The largest absolute Gasteiger partial charge is 0.393 e. The van der Waals surface area contributed by atoms with E-state index in [0.29, 0.717) is 0 Å². The van der Waals surface area contributed by atoms with Crippen molar-refractivity contribution >= 4 is 0 Å². The van der Waals surface area contributed by atoms with E-state index < -0.39 is 0 Å². The van der Waals surface area contributed by atoms with E-state index in [1.807, 2.05) is 12.2 Å². The van der Waals surface area contributed by atoms with Crippen molar-refractivity contribution in [2.45, 2.75) is 90.1 Å². The zero-order chi connectivity index (χ0) is 15.6. The molecule has 21 heavy (non-hydrogen) atoms. The monoisotopic (exact) mass is 292 g/mol. The summed E-state index contributed by atoms with van der Waals surface area (Å²) in [4.78, 5) is 0. The molecule has 0 amide bonds. The molecule has 0 aliphatic rings. The molecule has 0 rings (SSSR count). The van der Waals surface area contributed by atoms with Gasteiger partial charge in [0.1, 0.15) is 0 Å². The molecule has 1 atom stereocenters. The number of hydrogen-bond acceptors (Lipinski definition) is 1. The molecule has 0 saturated heterocycles. The van der Waals surface area contributed by atoms with Crippen molar-refractivity contribution < 1.29 is 5.11 Å². The van der Waals surface area contributed by atoms with Crippen LogP contribution in [-0.4, -0.2) is 11.2 Å². The third-order valence-corrected chi connectivity index (χ3v) is 3.87. The van der Waals surface area contributed by atoms with Crippen molar-refractivity contribution in [2.75, 3.05) is 0 Å². The fraction of sp³-hybridized carbons (Fsp3) is 0.700. The second-order valence-electron chi connectivity index (χ2n) is 5.87. The van der Waals surface area contributed by atoms with Gasteiger partial charge in [0, 0.05) is 0 Å². The van der Waals surface area contributed by atoms with Crippen molar-refractivity contribution in [1.29, 1.82) is 0 Å². The van der Waals surface area contributed by atoms with Gasteiger partial charge in [-0.25, -0.2) is 0 Å². The first-order chi connectivity index (χ1) is 10.3. The minimum absolute atomic E-state index is 0.0636. The smallest absolute Gasteiger partial charge is 0.0537 e. The predicted octanol–water partition coefficient (Wildman–Crippen LogP) is 6.35. The molecule has 0 heterocycles. The Morgan fingerprint density at radius 3 is 1.95 bits per heavy atom. The molecule has 1 nitrogen and oxygen atoms in total. The average Bonchev–Trinajstić information content (AvgIpc) is 2.50. The molecule has 122 valence electrons. The van der Waals surface area contributed by atoms with Gasteiger partial charge in [0.05, 0.1) is 6.10 Å². The Kier molecular flexibility index (Phi) is 16.6. The zero-order valence-corrected chi connectivity index (χ0v) is 14.1. The SMILES string of the molecule is C=CC=CC=CCCCCCCCCCCCC(O)CC. The van der Waals surface area contributed by atoms with E-state index in [9.17, 15) is 5.11 Å². The molecule has 0 aromatic carbocycles. The highest BCUT2D eigenvalue weighted by atomic mass is 16.3. The van der Waals surface area contributed by atoms with Crippen LogP contribution in [-0.2, 0) is 0 Å². The minimum Gasteiger partial charge on any atom is -0.393 e. The molecule has 0 aromatic rings. The van der Waals surface area contributed by atoms with Crippen molar-refractivity contribution in [3.63, 3.8) is 0 Å². The van der Waals surface area contributed by atoms with E-state index in [1.165, 1.54) is 64.2 Å². The van der Waals surface area contributed by atoms with Gasteiger partial charge in [-0.3, -0.25) is 0 Å². The Hall–Kier alpha value is -0.820. The fourth-order valence-corrected chi connectivity index (χ4v) is 2.40. The van der Waals surface area contributed by atoms with Crippen LogP contribution in [0.5, 0.6) is 0 Å². The molecule has 0 radical (unpaired) electrons. The first-order valence-electron chi connectivity index (χ1n) is 8.93. The van der Waals surface area contributed by atoms with Crippen molar-refractivity contribution in [2.24, 2.45) is 0 Å². The molecule has 0 spiro atoms. The number of rotatable bonds is 15. The normalized spacial score (nSPS) is 13.2. The maximum absolute atomic E-state index is 9.45. The molecule has 0 aromatic heterocycles. The van der Waals surface area contributed by atoms with Gasteiger partial charge >= 0.3 is 0 Å². The van der Waals surface area contributed by atoms with Crippen LogP contribution in [0.25, 0.3) is 0 Å². The van der Waals surface area contributed by atoms with Crippen LogP contribution in [0.4, 0.5) is 0 Å². The van der Waals surface area contributed by atoms with E-state index >= 15 is 0 Å². The minimum atomic E-state index is -0.0636. The Morgan fingerprint density at radius 1 is 0.810 bits per heavy atom. The first-order valence-corrected chi connectivity index (χ1v) is 8.93. The number of aliphatic hydroxyl groups is 1. The van der Waals surface area contributed by atoms with E-state index in [1.54, 1.807) is 6.08 Å². The summed E-state index contributed by atoms with van der Waals surface area (Å²) in [7, 11) is 0. The maximum atomic E-state index is 9.45. The van der Waals surface area contributed by atoms with Crippen LogP contribution in [0.1, 0.15) is 84.0 Å². The summed E-state index contributed by atoms with van der Waals surface area (Å²) in [5.74, 6) is 0. The number of aliphatic hydroxyl groups excluding tert-OH is 1. The third kappa shape index (κ3) is 17.1. The van der Waals surface area contributed by atoms with Gasteiger partial charge in [-0.05, 0) is 25.7 Å². The van der Waals surface area contributed by atoms with Crippen LogP contribution in [0.3, 0.4) is 0 Å². The van der Waals surface area contributed by atoms with Crippen molar-refractivity contribution in [1.82, 2.24) is 0 Å². The number of hydrogen-bond donors (Lipinski definition) is 1. The maximum Gasteiger partial charge on any atom is 0.0537 e. The van der Waals surface area contributed by atoms with Crippen molar-refractivity contribution in [3.05, 3.63) is 37.0 Å². The van der Waals surface area contributed by atoms with E-state index in [0.717, 1.165) is 12.8 Å². The molecule has 1 N–H and O–H groups in total. The highest BCUT2D eigenvalue weighted by Crippen LogP contribution is 2.12. The summed E-state index contributed by atoms with van der Waals surface area (Å²) >= 11 is 0. The number of unbranched alkanes of at least 4 members (excludes halogenated alkanes) is 9. The highest BCUT2D eigenvalue weighted by molar-refractivity contribution is 5.08. The Balaban J connectivity index is 3.10. The van der Waals surface area contributed by atoms with Gasteiger partial charge in [0.25, 0.3) is 0 Å². The summed E-state index contributed by atoms with van der Waals surface area (Å²) < 4.78 is 0. The molecule has 0 fully saturated rings. The Morgan fingerprint density at radius 2 is 1.38 bits per heavy atom. The van der Waals surface area contributed by atoms with Crippen LogP contribution in [0.2, 0.25) is 0 Å². The van der Waals surface area contributed by atoms with Gasteiger partial charge < -0.3 is 5.11 Å². The summed E-state index contributed by atoms with van der Waals surface area (Å²) in [5, 5.41) is 9.45. The quantitative estimate of drug-likeness (QED) is 0.275. The molecule has 0 bridgehead atoms. The van der Waals surface area contributed by atoms with Crippen molar-refractivity contribution in [3.8, 4) is 0 Å². The van der Waals surface area contributed by atoms with Gasteiger partial charge in [0.15, 0.2) is 0 Å². The van der Waals surface area contributed by atoms with Gasteiger partial charge in [-0.2, -0.15) is 0 Å². The second kappa shape index (κ2) is 17.2. The molecular formula is C20H36O. The summed E-state index contributed by atoms with van der Waals surface area (Å²) in [6.45, 7) is 5.69.